The van der Waals surface area contributed by atoms with Gasteiger partial charge in [-0.1, -0.05) is 6.07 Å². The van der Waals surface area contributed by atoms with E-state index in [1.807, 2.05) is 0 Å². The molecule has 0 bridgehead atoms. The van der Waals surface area contributed by atoms with Crippen molar-refractivity contribution >= 4 is 17.6 Å². The molecular weight excluding hydrogens is 272 g/mol. The van der Waals surface area contributed by atoms with Crippen LogP contribution in [0.15, 0.2) is 41.3 Å². The van der Waals surface area contributed by atoms with Crippen LogP contribution in [0.1, 0.15) is 26.3 Å². The molecule has 1 aromatic heterocycles. The number of amides is 1. The second kappa shape index (κ2) is 6.04. The predicted molar refractivity (Wildman–Crippen MR) is 77.5 cm³/mol. The smallest absolute Gasteiger partial charge is 0.338 e. The second-order valence-electron chi connectivity index (χ2n) is 4.37. The molecule has 0 fully saturated rings. The number of ether oxygens (including phenoxy) is 1. The molecule has 0 spiro atoms. The second-order valence-corrected chi connectivity index (χ2v) is 4.37. The van der Waals surface area contributed by atoms with Crippen molar-refractivity contribution in [2.75, 3.05) is 12.4 Å². The summed E-state index contributed by atoms with van der Waals surface area (Å²) in [5.41, 5.74) is 1.34. The maximum atomic E-state index is 12.1. The zero-order valence-electron chi connectivity index (χ0n) is 11.6. The summed E-state index contributed by atoms with van der Waals surface area (Å²) < 4.78 is 4.68. The van der Waals surface area contributed by atoms with Gasteiger partial charge in [-0.3, -0.25) is 9.59 Å². The lowest BCUT2D eigenvalue weighted by molar-refractivity contribution is 0.0599. The van der Waals surface area contributed by atoms with Crippen LogP contribution >= 0.6 is 0 Å². The Kier molecular flexibility index (Phi) is 4.18. The Balaban J connectivity index is 2.30. The molecule has 0 saturated heterocycles. The summed E-state index contributed by atoms with van der Waals surface area (Å²) in [7, 11) is 1.29. The maximum Gasteiger partial charge on any atom is 0.338 e. The van der Waals surface area contributed by atoms with Crippen LogP contribution in [-0.4, -0.2) is 24.0 Å². The number of hydrogen-bond donors (Lipinski definition) is 2. The van der Waals surface area contributed by atoms with Crippen molar-refractivity contribution in [3.63, 3.8) is 0 Å². The third kappa shape index (κ3) is 3.17. The number of rotatable bonds is 3. The molecule has 2 N–H and O–H groups in total. The van der Waals surface area contributed by atoms with Crippen LogP contribution in [0, 0.1) is 6.92 Å². The predicted octanol–water partition coefficient (Wildman–Crippen LogP) is 1.72. The number of aromatic nitrogens is 1. The molecule has 2 aromatic rings. The third-order valence-electron chi connectivity index (χ3n) is 3.02. The molecule has 1 aromatic carbocycles. The highest BCUT2D eigenvalue weighted by Gasteiger charge is 2.14. The Morgan fingerprint density at radius 3 is 2.67 bits per heavy atom. The molecule has 1 amide bonds. The summed E-state index contributed by atoms with van der Waals surface area (Å²) in [4.78, 5) is 37.3. The van der Waals surface area contributed by atoms with Gasteiger partial charge >= 0.3 is 5.97 Å². The first kappa shape index (κ1) is 14.5. The van der Waals surface area contributed by atoms with Gasteiger partial charge in [0.1, 0.15) is 0 Å². The normalized spacial score (nSPS) is 10.0. The van der Waals surface area contributed by atoms with Crippen molar-refractivity contribution in [2.45, 2.75) is 6.92 Å². The molecule has 6 nitrogen and oxygen atoms in total. The summed E-state index contributed by atoms with van der Waals surface area (Å²) in [5.74, 6) is -0.897. The Morgan fingerprint density at radius 1 is 1.24 bits per heavy atom. The molecule has 108 valence electrons. The van der Waals surface area contributed by atoms with Crippen molar-refractivity contribution < 1.29 is 14.3 Å². The van der Waals surface area contributed by atoms with Gasteiger partial charge in [0.05, 0.1) is 12.7 Å². The highest BCUT2D eigenvalue weighted by atomic mass is 16.5. The number of H-pyrrole nitrogens is 1. The van der Waals surface area contributed by atoms with Crippen LogP contribution in [0.5, 0.6) is 0 Å². The largest absolute Gasteiger partial charge is 0.465 e. The molecule has 0 atom stereocenters. The number of nitrogens with one attached hydrogen (secondary N) is 2. The van der Waals surface area contributed by atoms with Gasteiger partial charge in [-0.05, 0) is 30.7 Å². The Bertz CT molecular complexity index is 749. The van der Waals surface area contributed by atoms with E-state index in [0.29, 0.717) is 16.8 Å². The lowest BCUT2D eigenvalue weighted by Gasteiger charge is -2.11. The van der Waals surface area contributed by atoms with Gasteiger partial charge in [0.25, 0.3) is 5.91 Å². The minimum absolute atomic E-state index is 0.238. The number of carbonyl (C=O) groups is 2. The summed E-state index contributed by atoms with van der Waals surface area (Å²) in [5, 5.41) is 2.67. The molecule has 21 heavy (non-hydrogen) atoms. The molecule has 0 radical (unpaired) electrons. The topological polar surface area (TPSA) is 88.3 Å². The van der Waals surface area contributed by atoms with Gasteiger partial charge < -0.3 is 15.0 Å². The lowest BCUT2D eigenvalue weighted by Crippen LogP contribution is -2.17. The van der Waals surface area contributed by atoms with Crippen molar-refractivity contribution in [2.24, 2.45) is 0 Å². The summed E-state index contributed by atoms with van der Waals surface area (Å²) >= 11 is 0. The van der Waals surface area contributed by atoms with Crippen LogP contribution in [0.2, 0.25) is 0 Å². The highest BCUT2D eigenvalue weighted by Crippen LogP contribution is 2.20. The van der Waals surface area contributed by atoms with Crippen LogP contribution in [0.4, 0.5) is 5.69 Å². The van der Waals surface area contributed by atoms with Crippen LogP contribution in [-0.2, 0) is 4.74 Å². The fourth-order valence-electron chi connectivity index (χ4n) is 1.88. The van der Waals surface area contributed by atoms with E-state index in [1.165, 1.54) is 25.4 Å². The van der Waals surface area contributed by atoms with E-state index in [1.54, 1.807) is 25.1 Å². The van der Waals surface area contributed by atoms with E-state index in [9.17, 15) is 14.4 Å². The first-order valence-electron chi connectivity index (χ1n) is 6.21. The minimum atomic E-state index is -0.472. The van der Waals surface area contributed by atoms with Crippen molar-refractivity contribution in [1.29, 1.82) is 0 Å². The third-order valence-corrected chi connectivity index (χ3v) is 3.02. The minimum Gasteiger partial charge on any atom is -0.465 e. The van der Waals surface area contributed by atoms with Crippen LogP contribution < -0.4 is 10.9 Å². The number of aromatic amines is 1. The van der Waals surface area contributed by atoms with Gasteiger partial charge in [0.15, 0.2) is 0 Å². The molecule has 1 heterocycles. The molecule has 0 aliphatic carbocycles. The van der Waals surface area contributed by atoms with Gasteiger partial charge in [-0.15, -0.1) is 0 Å². The summed E-state index contributed by atoms with van der Waals surface area (Å²) in [6.45, 7) is 1.71. The van der Waals surface area contributed by atoms with Crippen molar-refractivity contribution in [3.8, 4) is 0 Å². The summed E-state index contributed by atoms with van der Waals surface area (Å²) in [6, 6.07) is 7.63. The monoisotopic (exact) mass is 286 g/mol. The molecule has 0 aliphatic rings. The molecule has 0 unspecified atom stereocenters. The van der Waals surface area contributed by atoms with E-state index in [0.717, 1.165) is 0 Å². The van der Waals surface area contributed by atoms with E-state index in [4.69, 9.17) is 0 Å². The SMILES string of the molecule is COC(=O)c1cccc(NC(=O)c2cc[nH]c(=O)c2)c1C. The van der Waals surface area contributed by atoms with Gasteiger partial charge in [-0.2, -0.15) is 0 Å². The standard InChI is InChI=1S/C15H14N2O4/c1-9-11(15(20)21-2)4-3-5-12(9)17-14(19)10-6-7-16-13(18)8-10/h3-8H,1-2H3,(H,16,18)(H,17,19). The zero-order valence-corrected chi connectivity index (χ0v) is 11.6. The fourth-order valence-corrected chi connectivity index (χ4v) is 1.88. The Labute approximate surface area is 120 Å². The van der Waals surface area contributed by atoms with E-state index in [2.05, 4.69) is 15.0 Å². The Hall–Kier alpha value is -2.89. The number of esters is 1. The molecule has 0 aliphatic heterocycles. The number of pyridine rings is 1. The molecule has 6 heteroatoms. The lowest BCUT2D eigenvalue weighted by atomic mass is 10.1. The molecule has 0 saturated carbocycles. The average Bonchev–Trinajstić information content (AvgIpc) is 2.48. The molecule has 2 rings (SSSR count). The van der Waals surface area contributed by atoms with Gasteiger partial charge in [0, 0.05) is 23.5 Å². The van der Waals surface area contributed by atoms with E-state index < -0.39 is 11.9 Å². The van der Waals surface area contributed by atoms with Crippen molar-refractivity contribution in [3.05, 3.63) is 63.6 Å². The quantitative estimate of drug-likeness (QED) is 0.841. The van der Waals surface area contributed by atoms with Crippen LogP contribution in [0.25, 0.3) is 0 Å². The van der Waals surface area contributed by atoms with E-state index >= 15 is 0 Å². The Morgan fingerprint density at radius 2 is 2.00 bits per heavy atom. The number of anilines is 1. The number of benzene rings is 1. The zero-order chi connectivity index (χ0) is 15.4. The number of methoxy groups -OCH3 is 1. The average molecular weight is 286 g/mol. The molecular formula is C15H14N2O4. The van der Waals surface area contributed by atoms with Crippen molar-refractivity contribution in [1.82, 2.24) is 4.98 Å². The summed E-state index contributed by atoms with van der Waals surface area (Å²) in [6.07, 6.45) is 1.40. The first-order valence-corrected chi connectivity index (χ1v) is 6.21. The number of carbonyl (C=O) groups excluding carboxylic acids is 2. The fraction of sp³-hybridized carbons (Fsp3) is 0.133. The maximum absolute atomic E-state index is 12.1. The van der Waals surface area contributed by atoms with E-state index in [-0.39, 0.29) is 11.1 Å². The number of hydrogen-bond acceptors (Lipinski definition) is 4. The highest BCUT2D eigenvalue weighted by molar-refractivity contribution is 6.05. The van der Waals surface area contributed by atoms with Gasteiger partial charge in [-0.25, -0.2) is 4.79 Å². The van der Waals surface area contributed by atoms with Gasteiger partial charge in [0.2, 0.25) is 5.56 Å². The first-order chi connectivity index (χ1) is 10.0. The van der Waals surface area contributed by atoms with Crippen LogP contribution in [0.3, 0.4) is 0 Å².